The number of benzene rings is 1. The third kappa shape index (κ3) is 3.53. The molecule has 3 rings (SSSR count). The Hall–Kier alpha value is -1.74. The molecule has 0 saturated carbocycles. The number of hydrogen-bond donors (Lipinski definition) is 0. The van der Waals surface area contributed by atoms with Crippen LogP contribution in [0.3, 0.4) is 0 Å². The van der Waals surface area contributed by atoms with Gasteiger partial charge in [-0.3, -0.25) is 0 Å². The summed E-state index contributed by atoms with van der Waals surface area (Å²) in [6.07, 6.45) is 6.46. The predicted octanol–water partition coefficient (Wildman–Crippen LogP) is 3.88. The van der Waals surface area contributed by atoms with Crippen LogP contribution in [0.5, 0.6) is 5.75 Å². The molecular weight excluding hydrogens is 274 g/mol. The lowest BCUT2D eigenvalue weighted by Crippen LogP contribution is -2.28. The number of hydrogen-bond acceptors (Lipinski definition) is 3. The quantitative estimate of drug-likeness (QED) is 0.809. The molecule has 118 valence electrons. The lowest BCUT2D eigenvalue weighted by molar-refractivity contribution is 0.293. The first-order chi connectivity index (χ1) is 10.8. The standard InChI is InChI=1S/C19H25NO2/c1-20(11-10-17-7-4-12-22-17)14-16-6-3-5-15-13-18(21-2)8-9-19(15)16/h4,7-9,12-13,16H,3,5-6,10-11,14H2,1-2H3. The average Bonchev–Trinajstić information content (AvgIpc) is 3.06. The third-order valence-corrected chi connectivity index (χ3v) is 4.64. The van der Waals surface area contributed by atoms with E-state index < -0.39 is 0 Å². The molecule has 0 saturated heterocycles. The molecule has 1 heterocycles. The SMILES string of the molecule is COc1ccc2c(c1)CCCC2CN(C)CCc1ccco1. The first-order valence-electron chi connectivity index (χ1n) is 8.14. The summed E-state index contributed by atoms with van der Waals surface area (Å²) in [5.41, 5.74) is 2.98. The number of fused-ring (bicyclic) bond motifs is 1. The molecule has 0 aliphatic heterocycles. The van der Waals surface area contributed by atoms with Gasteiger partial charge in [-0.25, -0.2) is 0 Å². The van der Waals surface area contributed by atoms with E-state index in [0.717, 1.165) is 31.0 Å². The number of aryl methyl sites for hydroxylation is 1. The van der Waals surface area contributed by atoms with Crippen molar-refractivity contribution in [2.45, 2.75) is 31.6 Å². The molecule has 1 aromatic heterocycles. The molecule has 1 aliphatic carbocycles. The maximum absolute atomic E-state index is 5.42. The molecule has 1 atom stereocenters. The fourth-order valence-corrected chi connectivity index (χ4v) is 3.43. The highest BCUT2D eigenvalue weighted by Gasteiger charge is 2.21. The molecule has 1 unspecified atom stereocenters. The minimum Gasteiger partial charge on any atom is -0.497 e. The molecule has 1 aliphatic rings. The van der Waals surface area contributed by atoms with E-state index in [-0.39, 0.29) is 0 Å². The van der Waals surface area contributed by atoms with Gasteiger partial charge in [0.1, 0.15) is 11.5 Å². The predicted molar refractivity (Wildman–Crippen MR) is 88.6 cm³/mol. The van der Waals surface area contributed by atoms with E-state index in [1.54, 1.807) is 13.4 Å². The van der Waals surface area contributed by atoms with Crippen LogP contribution < -0.4 is 4.74 Å². The molecule has 0 N–H and O–H groups in total. The highest BCUT2D eigenvalue weighted by atomic mass is 16.5. The Balaban J connectivity index is 1.61. The van der Waals surface area contributed by atoms with Crippen LogP contribution >= 0.6 is 0 Å². The number of ether oxygens (including phenoxy) is 1. The summed E-state index contributed by atoms with van der Waals surface area (Å²) in [5.74, 6) is 2.68. The van der Waals surface area contributed by atoms with Crippen molar-refractivity contribution in [2.24, 2.45) is 0 Å². The van der Waals surface area contributed by atoms with E-state index in [4.69, 9.17) is 9.15 Å². The van der Waals surface area contributed by atoms with Crippen molar-refractivity contribution in [3.05, 3.63) is 53.5 Å². The molecule has 0 radical (unpaired) electrons. The summed E-state index contributed by atoms with van der Waals surface area (Å²) >= 11 is 0. The highest BCUT2D eigenvalue weighted by Crippen LogP contribution is 2.34. The number of methoxy groups -OCH3 is 1. The van der Waals surface area contributed by atoms with Gasteiger partial charge in [-0.05, 0) is 67.6 Å². The summed E-state index contributed by atoms with van der Waals surface area (Å²) in [6.45, 7) is 2.15. The molecule has 0 spiro atoms. The van der Waals surface area contributed by atoms with E-state index in [9.17, 15) is 0 Å². The molecule has 0 bridgehead atoms. The van der Waals surface area contributed by atoms with Crippen LogP contribution in [-0.4, -0.2) is 32.1 Å². The minimum absolute atomic E-state index is 0.635. The van der Waals surface area contributed by atoms with E-state index >= 15 is 0 Å². The van der Waals surface area contributed by atoms with Gasteiger partial charge in [0.25, 0.3) is 0 Å². The normalized spacial score (nSPS) is 17.5. The Morgan fingerprint density at radius 2 is 2.23 bits per heavy atom. The first-order valence-corrected chi connectivity index (χ1v) is 8.14. The van der Waals surface area contributed by atoms with Crippen LogP contribution in [0.25, 0.3) is 0 Å². The first kappa shape index (κ1) is 15.2. The van der Waals surface area contributed by atoms with Crippen molar-refractivity contribution in [2.75, 3.05) is 27.2 Å². The van der Waals surface area contributed by atoms with Gasteiger partial charge in [0.05, 0.1) is 13.4 Å². The third-order valence-electron chi connectivity index (χ3n) is 4.64. The summed E-state index contributed by atoms with van der Waals surface area (Å²) in [4.78, 5) is 2.42. The Morgan fingerprint density at radius 1 is 1.32 bits per heavy atom. The second-order valence-electron chi connectivity index (χ2n) is 6.25. The van der Waals surface area contributed by atoms with Gasteiger partial charge in [-0.15, -0.1) is 0 Å². The van der Waals surface area contributed by atoms with Crippen molar-refractivity contribution in [1.29, 1.82) is 0 Å². The van der Waals surface area contributed by atoms with Crippen LogP contribution in [0.15, 0.2) is 41.0 Å². The van der Waals surface area contributed by atoms with Crippen molar-refractivity contribution < 1.29 is 9.15 Å². The highest BCUT2D eigenvalue weighted by molar-refractivity contribution is 5.39. The van der Waals surface area contributed by atoms with Crippen LogP contribution in [0, 0.1) is 0 Å². The molecule has 22 heavy (non-hydrogen) atoms. The molecule has 3 heteroatoms. The summed E-state index contributed by atoms with van der Waals surface area (Å²) < 4.78 is 10.8. The van der Waals surface area contributed by atoms with Crippen molar-refractivity contribution in [1.82, 2.24) is 4.90 Å². The van der Waals surface area contributed by atoms with Gasteiger partial charge in [0.2, 0.25) is 0 Å². The van der Waals surface area contributed by atoms with Gasteiger partial charge in [-0.1, -0.05) is 6.07 Å². The summed E-state index contributed by atoms with van der Waals surface area (Å²) in [6, 6.07) is 10.6. The van der Waals surface area contributed by atoms with Crippen LogP contribution in [0.1, 0.15) is 35.6 Å². The number of likely N-dealkylation sites (N-methyl/N-ethyl adjacent to an activating group) is 1. The second-order valence-corrected chi connectivity index (χ2v) is 6.25. The molecule has 0 amide bonds. The Bertz CT molecular complexity index is 591. The van der Waals surface area contributed by atoms with E-state index in [1.807, 2.05) is 6.07 Å². The van der Waals surface area contributed by atoms with E-state index in [2.05, 4.69) is 36.2 Å². The van der Waals surface area contributed by atoms with Gasteiger partial charge in [-0.2, -0.15) is 0 Å². The van der Waals surface area contributed by atoms with Gasteiger partial charge in [0.15, 0.2) is 0 Å². The lowest BCUT2D eigenvalue weighted by atomic mass is 9.82. The van der Waals surface area contributed by atoms with Crippen LogP contribution in [-0.2, 0) is 12.8 Å². The van der Waals surface area contributed by atoms with E-state index in [1.165, 1.54) is 30.4 Å². The zero-order valence-corrected chi connectivity index (χ0v) is 13.5. The Labute approximate surface area is 132 Å². The van der Waals surface area contributed by atoms with Crippen molar-refractivity contribution in [3.8, 4) is 5.75 Å². The number of rotatable bonds is 6. The Morgan fingerprint density at radius 3 is 3.00 bits per heavy atom. The van der Waals surface area contributed by atoms with Crippen LogP contribution in [0.4, 0.5) is 0 Å². The maximum Gasteiger partial charge on any atom is 0.119 e. The molecule has 1 aromatic carbocycles. The number of furan rings is 1. The van der Waals surface area contributed by atoms with Crippen LogP contribution in [0.2, 0.25) is 0 Å². The average molecular weight is 299 g/mol. The smallest absolute Gasteiger partial charge is 0.119 e. The van der Waals surface area contributed by atoms with Gasteiger partial charge in [0, 0.05) is 19.5 Å². The van der Waals surface area contributed by atoms with Gasteiger partial charge >= 0.3 is 0 Å². The molecular formula is C19H25NO2. The maximum atomic E-state index is 5.42. The fraction of sp³-hybridized carbons (Fsp3) is 0.474. The van der Waals surface area contributed by atoms with Crippen molar-refractivity contribution >= 4 is 0 Å². The van der Waals surface area contributed by atoms with Gasteiger partial charge < -0.3 is 14.1 Å². The topological polar surface area (TPSA) is 25.6 Å². The summed E-state index contributed by atoms with van der Waals surface area (Å²) in [7, 11) is 3.95. The minimum atomic E-state index is 0.635. The molecule has 3 nitrogen and oxygen atoms in total. The van der Waals surface area contributed by atoms with E-state index in [0.29, 0.717) is 5.92 Å². The second kappa shape index (κ2) is 7.01. The summed E-state index contributed by atoms with van der Waals surface area (Å²) in [5, 5.41) is 0. The zero-order valence-electron chi connectivity index (χ0n) is 13.5. The molecule has 2 aromatic rings. The molecule has 0 fully saturated rings. The number of nitrogens with zero attached hydrogens (tertiary/aromatic N) is 1. The largest absolute Gasteiger partial charge is 0.497 e. The monoisotopic (exact) mass is 299 g/mol. The van der Waals surface area contributed by atoms with Crippen molar-refractivity contribution in [3.63, 3.8) is 0 Å². The Kier molecular flexibility index (Phi) is 4.84. The fourth-order valence-electron chi connectivity index (χ4n) is 3.43. The zero-order chi connectivity index (χ0) is 15.4. The lowest BCUT2D eigenvalue weighted by Gasteiger charge is -2.29.